The Morgan fingerprint density at radius 2 is 1.89 bits per heavy atom. The maximum Gasteiger partial charge on any atom is 0.338 e. The molecule has 0 N–H and O–H groups in total. The van der Waals surface area contributed by atoms with Gasteiger partial charge in [0.1, 0.15) is 0 Å². The molecule has 1 aromatic carbocycles. The highest BCUT2D eigenvalue weighted by atomic mass is 35.5. The van der Waals surface area contributed by atoms with Crippen molar-refractivity contribution in [2.75, 3.05) is 36.9 Å². The minimum Gasteiger partial charge on any atom is -0.465 e. The zero-order chi connectivity index (χ0) is 13.5. The molecule has 0 heterocycles. The minimum atomic E-state index is -0.328. The van der Waals surface area contributed by atoms with Crippen LogP contribution in [0.1, 0.15) is 15.9 Å². The molecule has 1 rings (SSSR count). The maximum absolute atomic E-state index is 11.6. The van der Waals surface area contributed by atoms with Gasteiger partial charge in [0.2, 0.25) is 0 Å². The van der Waals surface area contributed by atoms with Gasteiger partial charge in [-0.25, -0.2) is 4.79 Å². The van der Waals surface area contributed by atoms with Crippen LogP contribution < -0.4 is 4.90 Å². The number of alkyl halides is 2. The van der Waals surface area contributed by atoms with Crippen molar-refractivity contribution in [2.24, 2.45) is 0 Å². The van der Waals surface area contributed by atoms with Crippen LogP contribution >= 0.6 is 23.2 Å². The van der Waals surface area contributed by atoms with Gasteiger partial charge >= 0.3 is 5.97 Å². The van der Waals surface area contributed by atoms with Crippen LogP contribution in [0.4, 0.5) is 5.69 Å². The molecule has 0 bridgehead atoms. The van der Waals surface area contributed by atoms with Crippen LogP contribution in [0.25, 0.3) is 0 Å². The fraction of sp³-hybridized carbons (Fsp3) is 0.462. The Labute approximate surface area is 118 Å². The highest BCUT2D eigenvalue weighted by Gasteiger charge is 2.15. The number of hydrogen-bond donors (Lipinski definition) is 0. The third-order valence-electron chi connectivity index (χ3n) is 2.76. The van der Waals surface area contributed by atoms with E-state index in [1.54, 1.807) is 6.07 Å². The Bertz CT molecular complexity index is 404. The molecular formula is C13H17Cl2NO2. The summed E-state index contributed by atoms with van der Waals surface area (Å²) in [5, 5.41) is 0. The summed E-state index contributed by atoms with van der Waals surface area (Å²) in [4.78, 5) is 13.7. The molecule has 100 valence electrons. The van der Waals surface area contributed by atoms with Crippen LogP contribution in [-0.4, -0.2) is 37.9 Å². The first-order valence-electron chi connectivity index (χ1n) is 5.70. The van der Waals surface area contributed by atoms with Crippen molar-refractivity contribution in [3.63, 3.8) is 0 Å². The first-order chi connectivity index (χ1) is 8.65. The topological polar surface area (TPSA) is 29.5 Å². The fourth-order valence-corrected chi connectivity index (χ4v) is 2.26. The van der Waals surface area contributed by atoms with Gasteiger partial charge in [0.15, 0.2) is 0 Å². The SMILES string of the molecule is COC(=O)c1cccc(N(CCCl)CCCl)c1C. The second-order valence-electron chi connectivity index (χ2n) is 3.81. The van der Waals surface area contributed by atoms with Gasteiger partial charge in [-0.3, -0.25) is 0 Å². The van der Waals surface area contributed by atoms with Crippen LogP contribution in [0, 0.1) is 6.92 Å². The smallest absolute Gasteiger partial charge is 0.338 e. The lowest BCUT2D eigenvalue weighted by Gasteiger charge is -2.25. The molecule has 18 heavy (non-hydrogen) atoms. The third-order valence-corrected chi connectivity index (χ3v) is 3.10. The normalized spacial score (nSPS) is 10.2. The Kier molecular flexibility index (Phi) is 6.30. The number of carbonyl (C=O) groups is 1. The molecule has 5 heteroatoms. The van der Waals surface area contributed by atoms with Crippen molar-refractivity contribution in [1.82, 2.24) is 0 Å². The second-order valence-corrected chi connectivity index (χ2v) is 4.56. The summed E-state index contributed by atoms with van der Waals surface area (Å²) in [7, 11) is 1.38. The van der Waals surface area contributed by atoms with E-state index in [9.17, 15) is 4.79 Å². The maximum atomic E-state index is 11.6. The molecule has 0 aromatic heterocycles. The van der Waals surface area contributed by atoms with Crippen molar-refractivity contribution in [1.29, 1.82) is 0 Å². The first-order valence-corrected chi connectivity index (χ1v) is 6.77. The van der Waals surface area contributed by atoms with E-state index in [4.69, 9.17) is 27.9 Å². The van der Waals surface area contributed by atoms with Gasteiger partial charge in [0, 0.05) is 30.5 Å². The molecule has 0 aliphatic rings. The van der Waals surface area contributed by atoms with Gasteiger partial charge in [0.25, 0.3) is 0 Å². The van der Waals surface area contributed by atoms with Crippen molar-refractivity contribution < 1.29 is 9.53 Å². The zero-order valence-corrected chi connectivity index (χ0v) is 12.1. The van der Waals surface area contributed by atoms with Crippen LogP contribution in [-0.2, 0) is 4.74 Å². The highest BCUT2D eigenvalue weighted by Crippen LogP contribution is 2.23. The largest absolute Gasteiger partial charge is 0.465 e. The molecule has 1 aromatic rings. The number of hydrogen-bond acceptors (Lipinski definition) is 3. The van der Waals surface area contributed by atoms with Crippen LogP contribution in [0.15, 0.2) is 18.2 Å². The zero-order valence-electron chi connectivity index (χ0n) is 10.6. The minimum absolute atomic E-state index is 0.328. The number of ether oxygens (including phenoxy) is 1. The van der Waals surface area contributed by atoms with Crippen molar-refractivity contribution in [3.05, 3.63) is 29.3 Å². The monoisotopic (exact) mass is 289 g/mol. The quantitative estimate of drug-likeness (QED) is 0.595. The van der Waals surface area contributed by atoms with Crippen LogP contribution in [0.3, 0.4) is 0 Å². The Morgan fingerprint density at radius 1 is 1.28 bits per heavy atom. The van der Waals surface area contributed by atoms with Gasteiger partial charge in [-0.2, -0.15) is 0 Å². The molecule has 0 fully saturated rings. The Balaban J connectivity index is 3.10. The predicted molar refractivity (Wildman–Crippen MR) is 76.2 cm³/mol. The summed E-state index contributed by atoms with van der Waals surface area (Å²) in [6.07, 6.45) is 0. The summed E-state index contributed by atoms with van der Waals surface area (Å²) in [5.74, 6) is 0.698. The van der Waals surface area contributed by atoms with E-state index in [1.807, 2.05) is 19.1 Å². The van der Waals surface area contributed by atoms with Gasteiger partial charge in [-0.05, 0) is 24.6 Å². The lowest BCUT2D eigenvalue weighted by atomic mass is 10.1. The summed E-state index contributed by atoms with van der Waals surface area (Å²) in [6.45, 7) is 3.29. The molecule has 0 saturated carbocycles. The Hall–Kier alpha value is -0.930. The number of anilines is 1. The van der Waals surface area contributed by atoms with E-state index in [2.05, 4.69) is 4.90 Å². The van der Waals surface area contributed by atoms with E-state index in [1.165, 1.54) is 7.11 Å². The van der Waals surface area contributed by atoms with E-state index in [0.29, 0.717) is 30.4 Å². The molecule has 0 spiro atoms. The predicted octanol–water partition coefficient (Wildman–Crippen LogP) is 3.07. The van der Waals surface area contributed by atoms with Crippen LogP contribution in [0.5, 0.6) is 0 Å². The molecule has 0 aliphatic heterocycles. The van der Waals surface area contributed by atoms with Crippen molar-refractivity contribution in [2.45, 2.75) is 6.92 Å². The van der Waals surface area contributed by atoms with Crippen molar-refractivity contribution in [3.8, 4) is 0 Å². The van der Waals surface area contributed by atoms with Gasteiger partial charge < -0.3 is 9.64 Å². The van der Waals surface area contributed by atoms with E-state index >= 15 is 0 Å². The molecule has 0 unspecified atom stereocenters. The number of halogens is 2. The highest BCUT2D eigenvalue weighted by molar-refractivity contribution is 6.18. The summed E-state index contributed by atoms with van der Waals surface area (Å²) in [6, 6.07) is 5.55. The summed E-state index contributed by atoms with van der Waals surface area (Å²) >= 11 is 11.6. The molecule has 0 saturated heterocycles. The van der Waals surface area contributed by atoms with E-state index in [-0.39, 0.29) is 5.97 Å². The average molecular weight is 290 g/mol. The summed E-state index contributed by atoms with van der Waals surface area (Å²) < 4.78 is 4.76. The van der Waals surface area contributed by atoms with Gasteiger partial charge in [-0.1, -0.05) is 6.07 Å². The first kappa shape index (κ1) is 15.1. The second kappa shape index (κ2) is 7.49. The Morgan fingerprint density at radius 3 is 2.39 bits per heavy atom. The average Bonchev–Trinajstić information content (AvgIpc) is 2.38. The van der Waals surface area contributed by atoms with Crippen molar-refractivity contribution >= 4 is 34.9 Å². The molecule has 0 aliphatic carbocycles. The fourth-order valence-electron chi connectivity index (χ4n) is 1.85. The van der Waals surface area contributed by atoms with Gasteiger partial charge in [-0.15, -0.1) is 23.2 Å². The molecule has 0 radical (unpaired) electrons. The standard InChI is InChI=1S/C13H17Cl2NO2/c1-10-11(13(17)18-2)4-3-5-12(10)16(8-6-14)9-7-15/h3-5H,6-9H2,1-2H3. The molecule has 0 amide bonds. The number of nitrogens with zero attached hydrogens (tertiary/aromatic N) is 1. The summed E-state index contributed by atoms with van der Waals surface area (Å²) in [5.41, 5.74) is 2.43. The molecular weight excluding hydrogens is 273 g/mol. The number of rotatable bonds is 6. The number of carbonyl (C=O) groups excluding carboxylic acids is 1. The van der Waals surface area contributed by atoms with Crippen LogP contribution in [0.2, 0.25) is 0 Å². The lowest BCUT2D eigenvalue weighted by molar-refractivity contribution is 0.0600. The van der Waals surface area contributed by atoms with E-state index in [0.717, 1.165) is 11.3 Å². The van der Waals surface area contributed by atoms with E-state index < -0.39 is 0 Å². The third kappa shape index (κ3) is 3.53. The molecule has 3 nitrogen and oxygen atoms in total. The van der Waals surface area contributed by atoms with Gasteiger partial charge in [0.05, 0.1) is 12.7 Å². The number of esters is 1. The molecule has 0 atom stereocenters. The number of benzene rings is 1. The number of methoxy groups -OCH3 is 1. The lowest BCUT2D eigenvalue weighted by Crippen LogP contribution is -2.28.